The summed E-state index contributed by atoms with van der Waals surface area (Å²) in [6.07, 6.45) is 1.46. The highest BCUT2D eigenvalue weighted by molar-refractivity contribution is 6.08. The van der Waals surface area contributed by atoms with Crippen LogP contribution in [-0.4, -0.2) is 54.6 Å². The molecule has 6 nitrogen and oxygen atoms in total. The first-order valence-corrected chi connectivity index (χ1v) is 9.32. The van der Waals surface area contributed by atoms with Crippen LogP contribution in [0.2, 0.25) is 0 Å². The van der Waals surface area contributed by atoms with Gasteiger partial charge in [0, 0.05) is 49.1 Å². The van der Waals surface area contributed by atoms with Crippen molar-refractivity contribution in [3.05, 3.63) is 29.5 Å². The van der Waals surface area contributed by atoms with E-state index >= 15 is 0 Å². The number of hydrogen-bond donors (Lipinski definition) is 0. The molecule has 1 spiro atoms. The second kappa shape index (κ2) is 6.59. The summed E-state index contributed by atoms with van der Waals surface area (Å²) in [4.78, 5) is 15.3. The van der Waals surface area contributed by atoms with Crippen LogP contribution in [0.5, 0.6) is 5.75 Å². The molecule has 6 heteroatoms. The molecule has 2 aliphatic heterocycles. The van der Waals surface area contributed by atoms with E-state index in [1.165, 1.54) is 0 Å². The minimum Gasteiger partial charge on any atom is -0.497 e. The first kappa shape index (κ1) is 17.4. The average Bonchev–Trinajstić information content (AvgIpc) is 3.22. The second-order valence-corrected chi connectivity index (χ2v) is 6.99. The standard InChI is InChI=1S/C20H26N2O4/c1-4-22-14(2)18(16-13-15(24-3)5-6-17(16)22)19(23)21-9-7-20(8-10-21)25-11-12-26-20/h5-6,13H,4,7-12H2,1-3H3. The number of hydrogen-bond acceptors (Lipinski definition) is 4. The van der Waals surface area contributed by atoms with Crippen LogP contribution in [-0.2, 0) is 16.0 Å². The molecule has 1 aromatic carbocycles. The van der Waals surface area contributed by atoms with E-state index in [4.69, 9.17) is 14.2 Å². The predicted molar refractivity (Wildman–Crippen MR) is 98.7 cm³/mol. The van der Waals surface area contributed by atoms with Gasteiger partial charge in [-0.05, 0) is 32.0 Å². The Balaban J connectivity index is 1.67. The van der Waals surface area contributed by atoms with Crippen molar-refractivity contribution in [2.45, 2.75) is 39.0 Å². The number of carbonyl (C=O) groups is 1. The lowest BCUT2D eigenvalue weighted by Gasteiger charge is -2.37. The van der Waals surface area contributed by atoms with Gasteiger partial charge in [-0.25, -0.2) is 0 Å². The summed E-state index contributed by atoms with van der Waals surface area (Å²) in [7, 11) is 1.65. The van der Waals surface area contributed by atoms with E-state index in [0.717, 1.165) is 47.3 Å². The SMILES string of the molecule is CCn1c(C)c(C(=O)N2CCC3(CC2)OCCO3)c2cc(OC)ccc21. The quantitative estimate of drug-likeness (QED) is 0.846. The summed E-state index contributed by atoms with van der Waals surface area (Å²) in [6, 6.07) is 5.95. The van der Waals surface area contributed by atoms with Crippen molar-refractivity contribution in [3.63, 3.8) is 0 Å². The Morgan fingerprint density at radius 2 is 1.92 bits per heavy atom. The van der Waals surface area contributed by atoms with E-state index < -0.39 is 5.79 Å². The topological polar surface area (TPSA) is 52.9 Å². The molecule has 2 aromatic rings. The van der Waals surface area contributed by atoms with Gasteiger partial charge in [0.15, 0.2) is 5.79 Å². The van der Waals surface area contributed by atoms with Gasteiger partial charge in [0.2, 0.25) is 0 Å². The lowest BCUT2D eigenvalue weighted by Crippen LogP contribution is -2.47. The van der Waals surface area contributed by atoms with E-state index in [1.54, 1.807) is 7.11 Å². The van der Waals surface area contributed by atoms with Gasteiger partial charge in [0.25, 0.3) is 5.91 Å². The molecule has 140 valence electrons. The molecular formula is C20H26N2O4. The second-order valence-electron chi connectivity index (χ2n) is 6.99. The molecule has 2 aliphatic rings. The van der Waals surface area contributed by atoms with Crippen molar-refractivity contribution >= 4 is 16.8 Å². The largest absolute Gasteiger partial charge is 0.497 e. The van der Waals surface area contributed by atoms with Crippen molar-refractivity contribution in [3.8, 4) is 5.75 Å². The van der Waals surface area contributed by atoms with Gasteiger partial charge in [-0.15, -0.1) is 0 Å². The van der Waals surface area contributed by atoms with Gasteiger partial charge >= 0.3 is 0 Å². The minimum absolute atomic E-state index is 0.0841. The number of aromatic nitrogens is 1. The molecule has 1 amide bonds. The smallest absolute Gasteiger partial charge is 0.256 e. The van der Waals surface area contributed by atoms with Gasteiger partial charge in [-0.1, -0.05) is 0 Å². The highest BCUT2D eigenvalue weighted by atomic mass is 16.7. The molecule has 26 heavy (non-hydrogen) atoms. The van der Waals surface area contributed by atoms with Gasteiger partial charge < -0.3 is 23.7 Å². The minimum atomic E-state index is -0.466. The van der Waals surface area contributed by atoms with Gasteiger partial charge in [-0.2, -0.15) is 0 Å². The monoisotopic (exact) mass is 358 g/mol. The predicted octanol–water partition coefficient (Wildman–Crippen LogP) is 2.96. The third-order valence-electron chi connectivity index (χ3n) is 5.69. The molecule has 4 rings (SSSR count). The molecule has 2 fully saturated rings. The molecule has 1 aromatic heterocycles. The number of ether oxygens (including phenoxy) is 3. The summed E-state index contributed by atoms with van der Waals surface area (Å²) in [5.74, 6) is 0.387. The molecule has 0 unspecified atom stereocenters. The number of benzene rings is 1. The van der Waals surface area contributed by atoms with E-state index in [9.17, 15) is 4.79 Å². The fourth-order valence-electron chi connectivity index (χ4n) is 4.26. The number of rotatable bonds is 3. The van der Waals surface area contributed by atoms with Crippen molar-refractivity contribution in [1.29, 1.82) is 0 Å². The Morgan fingerprint density at radius 3 is 2.54 bits per heavy atom. The normalized spacial score (nSPS) is 19.4. The number of aryl methyl sites for hydroxylation is 1. The Hall–Kier alpha value is -2.05. The zero-order chi connectivity index (χ0) is 18.3. The first-order valence-electron chi connectivity index (χ1n) is 9.32. The van der Waals surface area contributed by atoms with Crippen LogP contribution in [0.3, 0.4) is 0 Å². The van der Waals surface area contributed by atoms with Crippen LogP contribution >= 0.6 is 0 Å². The molecule has 0 bridgehead atoms. The van der Waals surface area contributed by atoms with E-state index in [1.807, 2.05) is 30.0 Å². The summed E-state index contributed by atoms with van der Waals surface area (Å²) < 4.78 is 19.1. The fraction of sp³-hybridized carbons (Fsp3) is 0.550. The third-order valence-corrected chi connectivity index (χ3v) is 5.69. The first-order chi connectivity index (χ1) is 12.6. The molecule has 0 aliphatic carbocycles. The third kappa shape index (κ3) is 2.68. The Morgan fingerprint density at radius 1 is 1.23 bits per heavy atom. The number of methoxy groups -OCH3 is 1. The van der Waals surface area contributed by atoms with Crippen LogP contribution in [0, 0.1) is 6.92 Å². The molecular weight excluding hydrogens is 332 g/mol. The molecule has 2 saturated heterocycles. The molecule has 3 heterocycles. The van der Waals surface area contributed by atoms with Crippen molar-refractivity contribution < 1.29 is 19.0 Å². The molecule has 0 N–H and O–H groups in total. The molecule has 0 saturated carbocycles. The van der Waals surface area contributed by atoms with Crippen LogP contribution in [0.4, 0.5) is 0 Å². The number of nitrogens with zero attached hydrogens (tertiary/aromatic N) is 2. The Kier molecular flexibility index (Phi) is 4.40. The van der Waals surface area contributed by atoms with E-state index in [2.05, 4.69) is 11.5 Å². The van der Waals surface area contributed by atoms with Crippen LogP contribution in [0.25, 0.3) is 10.9 Å². The lowest BCUT2D eigenvalue weighted by atomic mass is 10.0. The molecule has 0 radical (unpaired) electrons. The number of amides is 1. The maximum absolute atomic E-state index is 13.4. The maximum Gasteiger partial charge on any atom is 0.256 e. The van der Waals surface area contributed by atoms with Crippen molar-refractivity contribution in [2.75, 3.05) is 33.4 Å². The number of carbonyl (C=O) groups excluding carboxylic acids is 1. The summed E-state index contributed by atoms with van der Waals surface area (Å²) in [5, 5.41) is 0.961. The fourth-order valence-corrected chi connectivity index (χ4v) is 4.26. The van der Waals surface area contributed by atoms with Crippen molar-refractivity contribution in [2.24, 2.45) is 0 Å². The highest BCUT2D eigenvalue weighted by Gasteiger charge is 2.41. The van der Waals surface area contributed by atoms with Crippen LogP contribution < -0.4 is 4.74 Å². The Bertz CT molecular complexity index is 826. The number of fused-ring (bicyclic) bond motifs is 1. The maximum atomic E-state index is 13.4. The van der Waals surface area contributed by atoms with Crippen LogP contribution in [0.15, 0.2) is 18.2 Å². The van der Waals surface area contributed by atoms with Gasteiger partial charge in [-0.3, -0.25) is 4.79 Å². The average molecular weight is 358 g/mol. The molecule has 0 atom stereocenters. The summed E-state index contributed by atoms with van der Waals surface area (Å²) in [5.41, 5.74) is 2.87. The van der Waals surface area contributed by atoms with Gasteiger partial charge in [0.1, 0.15) is 5.75 Å². The highest BCUT2D eigenvalue weighted by Crippen LogP contribution is 2.34. The van der Waals surface area contributed by atoms with E-state index in [0.29, 0.717) is 26.3 Å². The van der Waals surface area contributed by atoms with Gasteiger partial charge in [0.05, 0.1) is 25.9 Å². The Labute approximate surface area is 153 Å². The zero-order valence-electron chi connectivity index (χ0n) is 15.7. The number of piperidine rings is 1. The zero-order valence-corrected chi connectivity index (χ0v) is 15.7. The summed E-state index contributed by atoms with van der Waals surface area (Å²) >= 11 is 0. The van der Waals surface area contributed by atoms with E-state index in [-0.39, 0.29) is 5.91 Å². The van der Waals surface area contributed by atoms with Crippen molar-refractivity contribution in [1.82, 2.24) is 9.47 Å². The van der Waals surface area contributed by atoms with Crippen LogP contribution in [0.1, 0.15) is 35.8 Å². The summed E-state index contributed by atoms with van der Waals surface area (Å²) in [6.45, 7) is 7.56. The lowest BCUT2D eigenvalue weighted by molar-refractivity contribution is -0.181. The number of likely N-dealkylation sites (tertiary alicyclic amines) is 1.